The van der Waals surface area contributed by atoms with Crippen LogP contribution in [0.5, 0.6) is 0 Å². The first-order chi connectivity index (χ1) is 6.66. The summed E-state index contributed by atoms with van der Waals surface area (Å²) in [5, 5.41) is 4.01. The standard InChI is InChI=1S/C10H12N2O2/c1-7-2-5-10(14)12(11-7)6-9(13)8-3-4-8/h2,5,8H,3-4,6H2,1H3. The van der Waals surface area contributed by atoms with Crippen LogP contribution in [0.4, 0.5) is 0 Å². The molecular weight excluding hydrogens is 180 g/mol. The number of aromatic nitrogens is 2. The van der Waals surface area contributed by atoms with Crippen molar-refractivity contribution in [2.45, 2.75) is 26.3 Å². The maximum Gasteiger partial charge on any atom is 0.267 e. The van der Waals surface area contributed by atoms with Gasteiger partial charge in [0.15, 0.2) is 5.78 Å². The molecule has 0 radical (unpaired) electrons. The van der Waals surface area contributed by atoms with Crippen LogP contribution in [0.1, 0.15) is 18.5 Å². The normalized spacial score (nSPS) is 15.5. The van der Waals surface area contributed by atoms with Gasteiger partial charge in [0.25, 0.3) is 5.56 Å². The molecule has 4 nitrogen and oxygen atoms in total. The summed E-state index contributed by atoms with van der Waals surface area (Å²) in [6.45, 7) is 1.93. The first-order valence-corrected chi connectivity index (χ1v) is 4.74. The smallest absolute Gasteiger partial charge is 0.267 e. The van der Waals surface area contributed by atoms with Gasteiger partial charge in [0, 0.05) is 12.0 Å². The third-order valence-corrected chi connectivity index (χ3v) is 2.34. The van der Waals surface area contributed by atoms with E-state index in [1.807, 2.05) is 0 Å². The Balaban J connectivity index is 2.18. The highest BCUT2D eigenvalue weighted by Gasteiger charge is 2.29. The summed E-state index contributed by atoms with van der Waals surface area (Å²) in [5.74, 6) is 0.314. The van der Waals surface area contributed by atoms with Gasteiger partial charge in [-0.2, -0.15) is 5.10 Å². The second-order valence-electron chi connectivity index (χ2n) is 3.71. The molecule has 1 saturated carbocycles. The molecule has 0 aliphatic heterocycles. The molecule has 0 saturated heterocycles. The summed E-state index contributed by atoms with van der Waals surface area (Å²) >= 11 is 0. The number of aryl methyl sites for hydroxylation is 1. The number of ketones is 1. The number of carbonyl (C=O) groups excluding carboxylic acids is 1. The molecular formula is C10H12N2O2. The largest absolute Gasteiger partial charge is 0.297 e. The number of nitrogens with zero attached hydrogens (tertiary/aromatic N) is 2. The van der Waals surface area contributed by atoms with E-state index in [4.69, 9.17) is 0 Å². The highest BCUT2D eigenvalue weighted by Crippen LogP contribution is 2.29. The van der Waals surface area contributed by atoms with Crippen LogP contribution in [0.3, 0.4) is 0 Å². The number of rotatable bonds is 3. The molecule has 0 atom stereocenters. The summed E-state index contributed by atoms with van der Waals surface area (Å²) < 4.78 is 1.25. The molecule has 14 heavy (non-hydrogen) atoms. The Morgan fingerprint density at radius 3 is 2.93 bits per heavy atom. The number of hydrogen-bond acceptors (Lipinski definition) is 3. The van der Waals surface area contributed by atoms with Crippen molar-refractivity contribution in [3.8, 4) is 0 Å². The van der Waals surface area contributed by atoms with Gasteiger partial charge in [-0.25, -0.2) is 4.68 Å². The molecule has 0 N–H and O–H groups in total. The van der Waals surface area contributed by atoms with E-state index in [0.717, 1.165) is 18.5 Å². The van der Waals surface area contributed by atoms with E-state index < -0.39 is 0 Å². The van der Waals surface area contributed by atoms with E-state index >= 15 is 0 Å². The minimum absolute atomic E-state index is 0.130. The van der Waals surface area contributed by atoms with Gasteiger partial charge >= 0.3 is 0 Å². The fourth-order valence-corrected chi connectivity index (χ4v) is 1.35. The summed E-state index contributed by atoms with van der Waals surface area (Å²) in [6.07, 6.45) is 1.94. The summed E-state index contributed by atoms with van der Waals surface area (Å²) in [6, 6.07) is 3.10. The van der Waals surface area contributed by atoms with Crippen LogP contribution in [0.2, 0.25) is 0 Å². The van der Waals surface area contributed by atoms with Crippen molar-refractivity contribution in [1.82, 2.24) is 9.78 Å². The molecule has 4 heteroatoms. The van der Waals surface area contributed by atoms with Crippen LogP contribution < -0.4 is 5.56 Å². The molecule has 74 valence electrons. The maximum atomic E-state index is 11.4. The Morgan fingerprint density at radius 1 is 1.57 bits per heavy atom. The van der Waals surface area contributed by atoms with Crippen LogP contribution in [-0.2, 0) is 11.3 Å². The lowest BCUT2D eigenvalue weighted by molar-refractivity contribution is -0.121. The molecule has 1 fully saturated rings. The van der Waals surface area contributed by atoms with Crippen molar-refractivity contribution in [2.75, 3.05) is 0 Å². The van der Waals surface area contributed by atoms with Crippen LogP contribution in [-0.4, -0.2) is 15.6 Å². The van der Waals surface area contributed by atoms with Gasteiger partial charge in [0.05, 0.1) is 5.69 Å². The molecule has 2 rings (SSSR count). The average Bonchev–Trinajstić information content (AvgIpc) is 2.94. The Hall–Kier alpha value is -1.45. The number of hydrogen-bond donors (Lipinski definition) is 0. The summed E-state index contributed by atoms with van der Waals surface area (Å²) in [4.78, 5) is 22.7. The van der Waals surface area contributed by atoms with E-state index in [0.29, 0.717) is 0 Å². The molecule has 1 aliphatic carbocycles. The zero-order valence-corrected chi connectivity index (χ0v) is 8.06. The molecule has 0 amide bonds. The number of Topliss-reactive ketones (excluding diaryl/α,β-unsaturated/α-hetero) is 1. The molecule has 1 aliphatic rings. The van der Waals surface area contributed by atoms with Gasteiger partial charge in [-0.3, -0.25) is 9.59 Å². The highest BCUT2D eigenvalue weighted by molar-refractivity contribution is 5.82. The summed E-state index contributed by atoms with van der Waals surface area (Å²) in [7, 11) is 0. The first-order valence-electron chi connectivity index (χ1n) is 4.74. The Labute approximate surface area is 81.6 Å². The lowest BCUT2D eigenvalue weighted by Gasteiger charge is -2.02. The Bertz CT molecular complexity index is 418. The monoisotopic (exact) mass is 192 g/mol. The fourth-order valence-electron chi connectivity index (χ4n) is 1.35. The third-order valence-electron chi connectivity index (χ3n) is 2.34. The van der Waals surface area contributed by atoms with E-state index in [-0.39, 0.29) is 23.8 Å². The second kappa shape index (κ2) is 3.36. The van der Waals surface area contributed by atoms with Crippen LogP contribution >= 0.6 is 0 Å². The molecule has 1 heterocycles. The van der Waals surface area contributed by atoms with E-state index in [1.165, 1.54) is 10.7 Å². The Kier molecular flexibility index (Phi) is 2.19. The van der Waals surface area contributed by atoms with Crippen LogP contribution in [0, 0.1) is 12.8 Å². The van der Waals surface area contributed by atoms with Gasteiger partial charge in [-0.15, -0.1) is 0 Å². The quantitative estimate of drug-likeness (QED) is 0.702. The van der Waals surface area contributed by atoms with Gasteiger partial charge in [-0.1, -0.05) is 0 Å². The molecule has 0 spiro atoms. The summed E-state index contributed by atoms with van der Waals surface area (Å²) in [5.41, 5.74) is 0.554. The topological polar surface area (TPSA) is 52.0 Å². The van der Waals surface area contributed by atoms with Crippen LogP contribution in [0.15, 0.2) is 16.9 Å². The first kappa shape index (κ1) is 9.12. The minimum Gasteiger partial charge on any atom is -0.297 e. The van der Waals surface area contributed by atoms with Gasteiger partial charge in [-0.05, 0) is 25.8 Å². The van der Waals surface area contributed by atoms with Crippen molar-refractivity contribution < 1.29 is 4.79 Å². The zero-order valence-electron chi connectivity index (χ0n) is 8.06. The lowest BCUT2D eigenvalue weighted by Crippen LogP contribution is -2.27. The van der Waals surface area contributed by atoms with Crippen molar-refractivity contribution in [3.05, 3.63) is 28.2 Å². The van der Waals surface area contributed by atoms with E-state index in [1.54, 1.807) is 13.0 Å². The predicted molar refractivity (Wildman–Crippen MR) is 51.0 cm³/mol. The molecule has 1 aromatic heterocycles. The van der Waals surface area contributed by atoms with E-state index in [2.05, 4.69) is 5.10 Å². The molecule has 1 aromatic rings. The van der Waals surface area contributed by atoms with Gasteiger partial charge in [0.1, 0.15) is 6.54 Å². The highest BCUT2D eigenvalue weighted by atomic mass is 16.1. The second-order valence-corrected chi connectivity index (χ2v) is 3.71. The third kappa shape index (κ3) is 1.89. The lowest BCUT2D eigenvalue weighted by atomic mass is 10.2. The SMILES string of the molecule is Cc1ccc(=O)n(CC(=O)C2CC2)n1. The minimum atomic E-state index is -0.204. The molecule has 0 bridgehead atoms. The fraction of sp³-hybridized carbons (Fsp3) is 0.500. The van der Waals surface area contributed by atoms with Crippen LogP contribution in [0.25, 0.3) is 0 Å². The maximum absolute atomic E-state index is 11.4. The average molecular weight is 192 g/mol. The Morgan fingerprint density at radius 2 is 2.29 bits per heavy atom. The molecule has 0 aromatic carbocycles. The van der Waals surface area contributed by atoms with E-state index in [9.17, 15) is 9.59 Å². The van der Waals surface area contributed by atoms with Crippen molar-refractivity contribution in [3.63, 3.8) is 0 Å². The number of carbonyl (C=O) groups is 1. The molecule has 0 unspecified atom stereocenters. The van der Waals surface area contributed by atoms with Crippen molar-refractivity contribution >= 4 is 5.78 Å². The van der Waals surface area contributed by atoms with Crippen molar-refractivity contribution in [1.29, 1.82) is 0 Å². The zero-order chi connectivity index (χ0) is 10.1. The van der Waals surface area contributed by atoms with Crippen molar-refractivity contribution in [2.24, 2.45) is 5.92 Å². The predicted octanol–water partition coefficient (Wildman–Crippen LogP) is 0.531. The van der Waals surface area contributed by atoms with Gasteiger partial charge in [0.2, 0.25) is 0 Å². The van der Waals surface area contributed by atoms with Gasteiger partial charge < -0.3 is 0 Å².